The van der Waals surface area contributed by atoms with Crippen LogP contribution in [0.15, 0.2) is 18.2 Å². The molecule has 0 saturated carbocycles. The van der Waals surface area contributed by atoms with Crippen LogP contribution in [0.25, 0.3) is 0 Å². The van der Waals surface area contributed by atoms with Crippen LogP contribution < -0.4 is 5.32 Å². The molecule has 1 rings (SSSR count). The first kappa shape index (κ1) is 19.2. The van der Waals surface area contributed by atoms with Crippen LogP contribution in [0.1, 0.15) is 30.9 Å². The van der Waals surface area contributed by atoms with Gasteiger partial charge < -0.3 is 10.2 Å². The highest BCUT2D eigenvalue weighted by Gasteiger charge is 2.14. The number of likely N-dealkylation sites (N-methyl/N-ethyl adjacent to an activating group) is 2. The fourth-order valence-electron chi connectivity index (χ4n) is 2.25. The Morgan fingerprint density at radius 3 is 2.48 bits per heavy atom. The van der Waals surface area contributed by atoms with Crippen molar-refractivity contribution in [3.8, 4) is 0 Å². The highest BCUT2D eigenvalue weighted by atomic mass is 16.2. The van der Waals surface area contributed by atoms with E-state index in [0.717, 1.165) is 36.2 Å². The molecule has 0 aliphatic heterocycles. The number of unbranched alkanes of at least 4 members (excludes halogenated alkanes) is 1. The number of nitrogens with zero attached hydrogens (tertiary/aromatic N) is 2. The lowest BCUT2D eigenvalue weighted by Crippen LogP contribution is -2.40. The average Bonchev–Trinajstić information content (AvgIpc) is 2.49. The highest BCUT2D eigenvalue weighted by Crippen LogP contribution is 2.17. The maximum absolute atomic E-state index is 12.1. The quantitative estimate of drug-likeness (QED) is 0.801. The number of anilines is 1. The van der Waals surface area contributed by atoms with Gasteiger partial charge in [-0.15, -0.1) is 0 Å². The van der Waals surface area contributed by atoms with Crippen LogP contribution >= 0.6 is 0 Å². The first-order valence-corrected chi connectivity index (χ1v) is 8.13. The summed E-state index contributed by atoms with van der Waals surface area (Å²) in [6.07, 6.45) is 2.06. The summed E-state index contributed by atoms with van der Waals surface area (Å²) in [5, 5.41) is 2.91. The van der Waals surface area contributed by atoms with Gasteiger partial charge in [0.1, 0.15) is 0 Å². The fourth-order valence-corrected chi connectivity index (χ4v) is 2.25. The SMILES string of the molecule is CCCCN(C)C(=O)CN(C)CC(=O)Nc1cccc(C)c1C. The van der Waals surface area contributed by atoms with Gasteiger partial charge in [-0.25, -0.2) is 0 Å². The second-order valence-corrected chi connectivity index (χ2v) is 6.14. The number of hydrogen-bond donors (Lipinski definition) is 1. The van der Waals surface area contributed by atoms with Crippen molar-refractivity contribution in [1.82, 2.24) is 9.80 Å². The number of amides is 2. The van der Waals surface area contributed by atoms with Gasteiger partial charge in [0.15, 0.2) is 0 Å². The van der Waals surface area contributed by atoms with Gasteiger partial charge in [-0.3, -0.25) is 14.5 Å². The molecule has 0 aromatic heterocycles. The number of rotatable bonds is 8. The molecule has 5 heteroatoms. The predicted molar refractivity (Wildman–Crippen MR) is 94.6 cm³/mol. The molecule has 0 radical (unpaired) electrons. The van der Waals surface area contributed by atoms with Crippen LogP contribution in [0.4, 0.5) is 5.69 Å². The maximum atomic E-state index is 12.1. The van der Waals surface area contributed by atoms with Gasteiger partial charge >= 0.3 is 0 Å². The van der Waals surface area contributed by atoms with Crippen molar-refractivity contribution in [3.05, 3.63) is 29.3 Å². The average molecular weight is 319 g/mol. The summed E-state index contributed by atoms with van der Waals surface area (Å²) in [6, 6.07) is 5.83. The van der Waals surface area contributed by atoms with Gasteiger partial charge in [0, 0.05) is 19.3 Å². The number of carbonyl (C=O) groups is 2. The van der Waals surface area contributed by atoms with Crippen LogP contribution in [0.5, 0.6) is 0 Å². The van der Waals surface area contributed by atoms with Gasteiger partial charge in [0.05, 0.1) is 13.1 Å². The molecule has 0 bridgehead atoms. The standard InChI is InChI=1S/C18H29N3O2/c1-6-7-11-21(5)18(23)13-20(4)12-17(22)19-16-10-8-9-14(2)15(16)3/h8-10H,6-7,11-13H2,1-5H3,(H,19,22). The van der Waals surface area contributed by atoms with Crippen LogP contribution in [-0.4, -0.2) is 55.3 Å². The summed E-state index contributed by atoms with van der Waals surface area (Å²) in [5.74, 6) is -0.0642. The third kappa shape index (κ3) is 6.40. The molecule has 2 amide bonds. The molecule has 5 nitrogen and oxygen atoms in total. The first-order valence-electron chi connectivity index (χ1n) is 8.13. The summed E-state index contributed by atoms with van der Waals surface area (Å²) in [6.45, 7) is 7.31. The number of carbonyl (C=O) groups excluding carboxylic acids is 2. The lowest BCUT2D eigenvalue weighted by atomic mass is 10.1. The van der Waals surface area contributed by atoms with Crippen molar-refractivity contribution >= 4 is 17.5 Å². The minimum absolute atomic E-state index is 0.0421. The summed E-state index contributed by atoms with van der Waals surface area (Å²) < 4.78 is 0. The molecule has 23 heavy (non-hydrogen) atoms. The number of aryl methyl sites for hydroxylation is 1. The Labute approximate surface area is 139 Å². The van der Waals surface area contributed by atoms with E-state index in [2.05, 4.69) is 12.2 Å². The van der Waals surface area contributed by atoms with Crippen molar-refractivity contribution < 1.29 is 9.59 Å². The van der Waals surface area contributed by atoms with Crippen molar-refractivity contribution in [3.63, 3.8) is 0 Å². The van der Waals surface area contributed by atoms with E-state index in [0.29, 0.717) is 0 Å². The van der Waals surface area contributed by atoms with E-state index in [4.69, 9.17) is 0 Å². The van der Waals surface area contributed by atoms with Crippen LogP contribution in [0.2, 0.25) is 0 Å². The normalized spacial score (nSPS) is 10.7. The van der Waals surface area contributed by atoms with Crippen LogP contribution in [-0.2, 0) is 9.59 Å². The summed E-state index contributed by atoms with van der Waals surface area (Å²) >= 11 is 0. The summed E-state index contributed by atoms with van der Waals surface area (Å²) in [4.78, 5) is 27.6. The minimum atomic E-state index is -0.106. The third-order valence-electron chi connectivity index (χ3n) is 3.97. The molecule has 0 heterocycles. The zero-order valence-electron chi connectivity index (χ0n) is 15.0. The van der Waals surface area contributed by atoms with Crippen LogP contribution in [0.3, 0.4) is 0 Å². The smallest absolute Gasteiger partial charge is 0.238 e. The molecule has 0 fully saturated rings. The van der Waals surface area contributed by atoms with E-state index < -0.39 is 0 Å². The molecule has 0 saturated heterocycles. The number of benzene rings is 1. The Hall–Kier alpha value is -1.88. The van der Waals surface area contributed by atoms with E-state index >= 15 is 0 Å². The van der Waals surface area contributed by atoms with Crippen LogP contribution in [0, 0.1) is 13.8 Å². The van der Waals surface area contributed by atoms with E-state index in [-0.39, 0.29) is 24.9 Å². The molecular formula is C18H29N3O2. The maximum Gasteiger partial charge on any atom is 0.238 e. The third-order valence-corrected chi connectivity index (χ3v) is 3.97. The Bertz CT molecular complexity index is 543. The van der Waals surface area contributed by atoms with Gasteiger partial charge in [-0.2, -0.15) is 0 Å². The monoisotopic (exact) mass is 319 g/mol. The molecule has 1 aromatic rings. The Morgan fingerprint density at radius 2 is 1.83 bits per heavy atom. The highest BCUT2D eigenvalue weighted by molar-refractivity contribution is 5.93. The van der Waals surface area contributed by atoms with Crippen molar-refractivity contribution in [2.75, 3.05) is 39.0 Å². The number of hydrogen-bond acceptors (Lipinski definition) is 3. The molecular weight excluding hydrogens is 290 g/mol. The van der Waals surface area contributed by atoms with E-state index in [1.165, 1.54) is 0 Å². The molecule has 0 unspecified atom stereocenters. The Kier molecular flexibility index (Phi) is 7.75. The second-order valence-electron chi connectivity index (χ2n) is 6.14. The molecule has 0 aliphatic carbocycles. The van der Waals surface area contributed by atoms with E-state index in [1.807, 2.05) is 39.1 Å². The van der Waals surface area contributed by atoms with Crippen molar-refractivity contribution in [1.29, 1.82) is 0 Å². The van der Waals surface area contributed by atoms with Gasteiger partial charge in [0.2, 0.25) is 11.8 Å². The largest absolute Gasteiger partial charge is 0.345 e. The summed E-state index contributed by atoms with van der Waals surface area (Å²) in [7, 11) is 3.59. The Balaban J connectivity index is 2.47. The van der Waals surface area contributed by atoms with Crippen molar-refractivity contribution in [2.45, 2.75) is 33.6 Å². The first-order chi connectivity index (χ1) is 10.8. The molecule has 1 aromatic carbocycles. The van der Waals surface area contributed by atoms with Gasteiger partial charge in [0.25, 0.3) is 0 Å². The molecule has 0 spiro atoms. The molecule has 1 N–H and O–H groups in total. The van der Waals surface area contributed by atoms with Crippen molar-refractivity contribution in [2.24, 2.45) is 0 Å². The summed E-state index contributed by atoms with van der Waals surface area (Å²) in [5.41, 5.74) is 3.04. The van der Waals surface area contributed by atoms with E-state index in [1.54, 1.807) is 16.8 Å². The number of nitrogens with one attached hydrogen (secondary N) is 1. The molecule has 0 atom stereocenters. The minimum Gasteiger partial charge on any atom is -0.345 e. The lowest BCUT2D eigenvalue weighted by Gasteiger charge is -2.21. The zero-order chi connectivity index (χ0) is 17.4. The lowest BCUT2D eigenvalue weighted by molar-refractivity contribution is -0.131. The Morgan fingerprint density at radius 1 is 1.13 bits per heavy atom. The van der Waals surface area contributed by atoms with Gasteiger partial charge in [-0.05, 0) is 44.5 Å². The zero-order valence-corrected chi connectivity index (χ0v) is 15.0. The molecule has 128 valence electrons. The predicted octanol–water partition coefficient (Wildman–Crippen LogP) is 2.43. The van der Waals surface area contributed by atoms with Gasteiger partial charge in [-0.1, -0.05) is 25.5 Å². The van der Waals surface area contributed by atoms with E-state index in [9.17, 15) is 9.59 Å². The second kappa shape index (κ2) is 9.30. The topological polar surface area (TPSA) is 52.7 Å². The molecule has 0 aliphatic rings. The fraction of sp³-hybridized carbons (Fsp3) is 0.556.